The molecule has 0 atom stereocenters. The van der Waals surface area contributed by atoms with Crippen molar-refractivity contribution in [3.05, 3.63) is 62.1 Å². The molecule has 1 amide bonds. The van der Waals surface area contributed by atoms with Crippen molar-refractivity contribution in [3.8, 4) is 5.69 Å². The summed E-state index contributed by atoms with van der Waals surface area (Å²) in [6, 6.07) is 5.64. The van der Waals surface area contributed by atoms with Crippen LogP contribution in [0, 0.1) is 0 Å². The number of thiophene rings is 1. The van der Waals surface area contributed by atoms with Crippen LogP contribution in [0.15, 0.2) is 45.3 Å². The Bertz CT molecular complexity index is 1220. The minimum absolute atomic E-state index is 0.0561. The first-order valence-corrected chi connectivity index (χ1v) is 10.3. The molecular weight excluding hydrogens is 419 g/mol. The molecule has 1 aliphatic rings. The van der Waals surface area contributed by atoms with E-state index in [1.807, 2.05) is 0 Å². The maximum atomic E-state index is 13.1. The molecule has 30 heavy (non-hydrogen) atoms. The monoisotopic (exact) mass is 437 g/mol. The van der Waals surface area contributed by atoms with E-state index in [4.69, 9.17) is 0 Å². The second kappa shape index (κ2) is 7.75. The van der Waals surface area contributed by atoms with Crippen LogP contribution in [0.5, 0.6) is 0 Å². The van der Waals surface area contributed by atoms with Crippen LogP contribution in [-0.2, 0) is 17.5 Å². The zero-order valence-electron chi connectivity index (χ0n) is 15.7. The number of halogens is 3. The molecule has 3 aromatic rings. The van der Waals surface area contributed by atoms with E-state index in [0.29, 0.717) is 10.1 Å². The Morgan fingerprint density at radius 2 is 1.90 bits per heavy atom. The Morgan fingerprint density at radius 1 is 1.17 bits per heavy atom. The third-order valence-corrected chi connectivity index (χ3v) is 6.10. The van der Waals surface area contributed by atoms with Crippen molar-refractivity contribution < 1.29 is 18.0 Å². The molecule has 1 N–H and O–H groups in total. The van der Waals surface area contributed by atoms with Gasteiger partial charge in [-0.15, -0.1) is 11.3 Å². The fourth-order valence-electron chi connectivity index (χ4n) is 3.78. The minimum Gasteiger partial charge on any atom is -0.352 e. The van der Waals surface area contributed by atoms with Crippen LogP contribution in [0.1, 0.15) is 31.2 Å². The molecule has 1 aliphatic carbocycles. The van der Waals surface area contributed by atoms with Crippen molar-refractivity contribution in [1.29, 1.82) is 0 Å². The number of rotatable bonds is 4. The van der Waals surface area contributed by atoms with Crippen LogP contribution < -0.4 is 16.6 Å². The maximum absolute atomic E-state index is 13.1. The van der Waals surface area contributed by atoms with Crippen molar-refractivity contribution in [1.82, 2.24) is 14.5 Å². The van der Waals surface area contributed by atoms with Gasteiger partial charge in [-0.2, -0.15) is 13.2 Å². The van der Waals surface area contributed by atoms with E-state index in [1.165, 1.54) is 6.07 Å². The van der Waals surface area contributed by atoms with Gasteiger partial charge >= 0.3 is 11.9 Å². The van der Waals surface area contributed by atoms with Gasteiger partial charge in [-0.05, 0) is 42.5 Å². The minimum atomic E-state index is -4.62. The molecule has 2 aromatic heterocycles. The summed E-state index contributed by atoms with van der Waals surface area (Å²) in [7, 11) is 0. The van der Waals surface area contributed by atoms with Gasteiger partial charge < -0.3 is 5.32 Å². The first-order valence-electron chi connectivity index (χ1n) is 9.46. The van der Waals surface area contributed by atoms with Crippen molar-refractivity contribution in [2.75, 3.05) is 0 Å². The van der Waals surface area contributed by atoms with Crippen molar-refractivity contribution in [2.24, 2.45) is 0 Å². The molecule has 2 heterocycles. The lowest BCUT2D eigenvalue weighted by atomic mass is 10.2. The topological polar surface area (TPSA) is 73.1 Å². The van der Waals surface area contributed by atoms with Crippen LogP contribution >= 0.6 is 11.3 Å². The maximum Gasteiger partial charge on any atom is 0.416 e. The van der Waals surface area contributed by atoms with Crippen molar-refractivity contribution >= 4 is 27.5 Å². The van der Waals surface area contributed by atoms with Gasteiger partial charge in [-0.25, -0.2) is 9.36 Å². The SMILES string of the molecule is O=C(Cn1c(=O)n(-c2cccc(C(F)(F)F)c2)c(=O)c2sccc21)NC1CCCC1. The summed E-state index contributed by atoms with van der Waals surface area (Å²) in [5.41, 5.74) is -2.44. The van der Waals surface area contributed by atoms with Gasteiger partial charge in [-0.3, -0.25) is 14.2 Å². The number of carbonyl (C=O) groups is 1. The Hall–Kier alpha value is -2.88. The Morgan fingerprint density at radius 3 is 2.60 bits per heavy atom. The van der Waals surface area contributed by atoms with Gasteiger partial charge in [0, 0.05) is 6.04 Å². The molecule has 158 valence electrons. The van der Waals surface area contributed by atoms with Gasteiger partial charge in [0.2, 0.25) is 5.91 Å². The fourth-order valence-corrected chi connectivity index (χ4v) is 4.60. The Labute approximate surface area is 172 Å². The second-order valence-electron chi connectivity index (χ2n) is 7.24. The molecule has 0 spiro atoms. The van der Waals surface area contributed by atoms with Gasteiger partial charge in [0.05, 0.1) is 16.8 Å². The number of benzene rings is 1. The van der Waals surface area contributed by atoms with Crippen LogP contribution in [0.2, 0.25) is 0 Å². The fraction of sp³-hybridized carbons (Fsp3) is 0.350. The first-order chi connectivity index (χ1) is 14.3. The van der Waals surface area contributed by atoms with Gasteiger partial charge in [0.1, 0.15) is 11.2 Å². The quantitative estimate of drug-likeness (QED) is 0.681. The lowest BCUT2D eigenvalue weighted by Gasteiger charge is -2.15. The third kappa shape index (κ3) is 3.79. The molecule has 0 bridgehead atoms. The molecule has 0 unspecified atom stereocenters. The van der Waals surface area contributed by atoms with Crippen molar-refractivity contribution in [3.63, 3.8) is 0 Å². The first kappa shape index (κ1) is 20.4. The van der Waals surface area contributed by atoms with Crippen LogP contribution in [-0.4, -0.2) is 21.1 Å². The predicted octanol–water partition coefficient (Wildman–Crippen LogP) is 3.29. The highest BCUT2D eigenvalue weighted by molar-refractivity contribution is 7.17. The van der Waals surface area contributed by atoms with E-state index in [2.05, 4.69) is 5.32 Å². The van der Waals surface area contributed by atoms with Crippen LogP contribution in [0.3, 0.4) is 0 Å². The molecule has 0 aliphatic heterocycles. The summed E-state index contributed by atoms with van der Waals surface area (Å²) < 4.78 is 41.4. The number of hydrogen-bond donors (Lipinski definition) is 1. The molecular formula is C20H18F3N3O3S. The number of carbonyl (C=O) groups excluding carboxylic acids is 1. The summed E-state index contributed by atoms with van der Waals surface area (Å²) in [4.78, 5) is 38.5. The van der Waals surface area contributed by atoms with Crippen LogP contribution in [0.4, 0.5) is 13.2 Å². The predicted molar refractivity (Wildman–Crippen MR) is 107 cm³/mol. The number of nitrogens with zero attached hydrogens (tertiary/aromatic N) is 2. The van der Waals surface area contributed by atoms with E-state index in [1.54, 1.807) is 11.4 Å². The zero-order chi connectivity index (χ0) is 21.5. The smallest absolute Gasteiger partial charge is 0.352 e. The Kier molecular flexibility index (Phi) is 5.27. The summed E-state index contributed by atoms with van der Waals surface area (Å²) in [5.74, 6) is -0.370. The normalized spacial score (nSPS) is 15.0. The third-order valence-electron chi connectivity index (χ3n) is 5.21. The van der Waals surface area contributed by atoms with E-state index in [-0.39, 0.29) is 28.9 Å². The molecule has 6 nitrogen and oxygen atoms in total. The number of amides is 1. The van der Waals surface area contributed by atoms with Gasteiger partial charge in [-0.1, -0.05) is 18.9 Å². The van der Waals surface area contributed by atoms with Crippen LogP contribution in [0.25, 0.3) is 15.9 Å². The van der Waals surface area contributed by atoms with E-state index in [9.17, 15) is 27.6 Å². The van der Waals surface area contributed by atoms with Gasteiger partial charge in [0.15, 0.2) is 0 Å². The second-order valence-corrected chi connectivity index (χ2v) is 8.16. The average molecular weight is 437 g/mol. The molecule has 1 fully saturated rings. The number of hydrogen-bond acceptors (Lipinski definition) is 4. The molecule has 0 radical (unpaired) electrons. The summed E-state index contributed by atoms with van der Waals surface area (Å²) in [6.07, 6.45) is -0.816. The summed E-state index contributed by atoms with van der Waals surface area (Å²) in [6.45, 7) is -0.318. The summed E-state index contributed by atoms with van der Waals surface area (Å²) >= 11 is 1.07. The average Bonchev–Trinajstić information content (AvgIpc) is 3.37. The van der Waals surface area contributed by atoms with E-state index >= 15 is 0 Å². The number of fused-ring (bicyclic) bond motifs is 1. The highest BCUT2D eigenvalue weighted by Crippen LogP contribution is 2.30. The molecule has 10 heteroatoms. The largest absolute Gasteiger partial charge is 0.416 e. The lowest BCUT2D eigenvalue weighted by Crippen LogP contribution is -2.43. The van der Waals surface area contributed by atoms with E-state index in [0.717, 1.165) is 59.8 Å². The number of alkyl halides is 3. The Balaban J connectivity index is 1.81. The molecule has 1 aromatic carbocycles. The lowest BCUT2D eigenvalue weighted by molar-refractivity contribution is -0.137. The van der Waals surface area contributed by atoms with E-state index < -0.39 is 23.0 Å². The molecule has 0 saturated heterocycles. The highest BCUT2D eigenvalue weighted by atomic mass is 32.1. The highest BCUT2D eigenvalue weighted by Gasteiger charge is 2.31. The molecule has 4 rings (SSSR count). The number of aromatic nitrogens is 2. The standard InChI is InChI=1S/C20H18F3N3O3S/c21-20(22,23)12-4-3-7-14(10-12)26-18(28)17-15(8-9-30-17)25(19(26)29)11-16(27)24-13-5-1-2-6-13/h3-4,7-10,13H,1-2,5-6,11H2,(H,24,27). The number of nitrogens with one attached hydrogen (secondary N) is 1. The molecule has 1 saturated carbocycles. The van der Waals surface area contributed by atoms with Gasteiger partial charge in [0.25, 0.3) is 5.56 Å². The zero-order valence-corrected chi connectivity index (χ0v) is 16.6. The summed E-state index contributed by atoms with van der Waals surface area (Å²) in [5, 5.41) is 4.49. The van der Waals surface area contributed by atoms with Crippen molar-refractivity contribution in [2.45, 2.75) is 44.4 Å².